The molecule has 1 aliphatic carbocycles. The second-order valence-electron chi connectivity index (χ2n) is 5.39. The Balaban J connectivity index is 2.30. The molecule has 0 saturated heterocycles. The molecule has 2 rings (SSSR count). The molecular weight excluding hydrogens is 294 g/mol. The van der Waals surface area contributed by atoms with E-state index in [1.54, 1.807) is 14.0 Å². The number of nitro benzene ring substituents is 1. The van der Waals surface area contributed by atoms with Gasteiger partial charge >= 0.3 is 0 Å². The van der Waals surface area contributed by atoms with Crippen molar-refractivity contribution in [3.8, 4) is 0 Å². The standard InChI is InChI=1S/C13H19N3O4S/c1-9(7-10-3-4-10)15-21(19,20)13-8-11(14-2)5-6-12(13)16(17)18/h5-6,8-10,14-15H,3-4,7H2,1-2H3. The Kier molecular flexibility index (Phi) is 4.48. The van der Waals surface area contributed by atoms with Crippen LogP contribution in [0.4, 0.5) is 11.4 Å². The number of nitrogens with one attached hydrogen (secondary N) is 2. The number of rotatable bonds is 7. The van der Waals surface area contributed by atoms with Crippen molar-refractivity contribution in [3.63, 3.8) is 0 Å². The van der Waals surface area contributed by atoms with E-state index < -0.39 is 20.6 Å². The molecule has 0 heterocycles. The monoisotopic (exact) mass is 313 g/mol. The van der Waals surface area contributed by atoms with Crippen LogP contribution in [0.1, 0.15) is 26.2 Å². The summed E-state index contributed by atoms with van der Waals surface area (Å²) in [6.45, 7) is 1.78. The number of nitro groups is 1. The third-order valence-corrected chi connectivity index (χ3v) is 5.09. The summed E-state index contributed by atoms with van der Waals surface area (Å²) in [6, 6.07) is 3.72. The molecule has 1 unspecified atom stereocenters. The fourth-order valence-electron chi connectivity index (χ4n) is 2.27. The first-order chi connectivity index (χ1) is 9.83. The number of hydrogen-bond acceptors (Lipinski definition) is 5. The Morgan fingerprint density at radius 3 is 2.62 bits per heavy atom. The molecule has 7 nitrogen and oxygen atoms in total. The maximum Gasteiger partial charge on any atom is 0.289 e. The summed E-state index contributed by atoms with van der Waals surface area (Å²) < 4.78 is 27.3. The van der Waals surface area contributed by atoms with Gasteiger partial charge in [0.15, 0.2) is 4.90 Å². The van der Waals surface area contributed by atoms with Crippen LogP contribution in [0.5, 0.6) is 0 Å². The van der Waals surface area contributed by atoms with Gasteiger partial charge in [-0.25, -0.2) is 13.1 Å². The average molecular weight is 313 g/mol. The summed E-state index contributed by atoms with van der Waals surface area (Å²) in [5, 5.41) is 13.8. The van der Waals surface area contributed by atoms with Gasteiger partial charge in [-0.1, -0.05) is 12.8 Å². The Morgan fingerprint density at radius 1 is 1.43 bits per heavy atom. The molecule has 21 heavy (non-hydrogen) atoms. The first-order valence-corrected chi connectivity index (χ1v) is 8.30. The van der Waals surface area contributed by atoms with Crippen molar-refractivity contribution in [1.82, 2.24) is 4.72 Å². The van der Waals surface area contributed by atoms with Crippen molar-refractivity contribution < 1.29 is 13.3 Å². The van der Waals surface area contributed by atoms with Crippen LogP contribution in [-0.2, 0) is 10.0 Å². The van der Waals surface area contributed by atoms with E-state index in [0.717, 1.165) is 19.3 Å². The summed E-state index contributed by atoms with van der Waals surface area (Å²) in [5.74, 6) is 0.571. The van der Waals surface area contributed by atoms with Gasteiger partial charge in [-0.15, -0.1) is 0 Å². The quantitative estimate of drug-likeness (QED) is 0.593. The summed E-state index contributed by atoms with van der Waals surface area (Å²) in [4.78, 5) is 10.0. The highest BCUT2D eigenvalue weighted by Gasteiger charge is 2.30. The fourth-order valence-corrected chi connectivity index (χ4v) is 3.72. The minimum Gasteiger partial charge on any atom is -0.388 e. The summed E-state index contributed by atoms with van der Waals surface area (Å²) in [5.41, 5.74) is 0.0935. The minimum atomic E-state index is -3.92. The summed E-state index contributed by atoms with van der Waals surface area (Å²) in [7, 11) is -2.29. The van der Waals surface area contributed by atoms with Gasteiger partial charge in [0.05, 0.1) is 4.92 Å². The predicted molar refractivity (Wildman–Crippen MR) is 79.8 cm³/mol. The molecule has 1 atom stereocenters. The van der Waals surface area contributed by atoms with E-state index in [9.17, 15) is 18.5 Å². The van der Waals surface area contributed by atoms with Gasteiger partial charge in [0.1, 0.15) is 0 Å². The van der Waals surface area contributed by atoms with Crippen molar-refractivity contribution in [3.05, 3.63) is 28.3 Å². The van der Waals surface area contributed by atoms with E-state index in [0.29, 0.717) is 11.6 Å². The largest absolute Gasteiger partial charge is 0.388 e. The number of sulfonamides is 1. The molecule has 0 aromatic heterocycles. The lowest BCUT2D eigenvalue weighted by atomic mass is 10.2. The van der Waals surface area contributed by atoms with E-state index in [1.807, 2.05) is 0 Å². The summed E-state index contributed by atoms with van der Waals surface area (Å²) >= 11 is 0. The van der Waals surface area contributed by atoms with Crippen LogP contribution in [0.3, 0.4) is 0 Å². The molecule has 1 aromatic rings. The van der Waals surface area contributed by atoms with Crippen LogP contribution in [0.2, 0.25) is 0 Å². The number of nitrogens with zero attached hydrogens (tertiary/aromatic N) is 1. The Morgan fingerprint density at radius 2 is 2.10 bits per heavy atom. The van der Waals surface area contributed by atoms with E-state index >= 15 is 0 Å². The van der Waals surface area contributed by atoms with E-state index in [-0.39, 0.29) is 10.9 Å². The highest BCUT2D eigenvalue weighted by atomic mass is 32.2. The van der Waals surface area contributed by atoms with Crippen LogP contribution >= 0.6 is 0 Å². The number of benzene rings is 1. The molecule has 0 bridgehead atoms. The lowest BCUT2D eigenvalue weighted by molar-refractivity contribution is -0.387. The third kappa shape index (κ3) is 3.92. The molecule has 116 valence electrons. The molecule has 1 saturated carbocycles. The van der Waals surface area contributed by atoms with E-state index in [1.165, 1.54) is 18.2 Å². The predicted octanol–water partition coefficient (Wildman–Crippen LogP) is 2.10. The molecule has 0 amide bonds. The second-order valence-corrected chi connectivity index (χ2v) is 7.07. The van der Waals surface area contributed by atoms with Crippen molar-refractivity contribution in [2.45, 2.75) is 37.1 Å². The normalized spacial score (nSPS) is 16.5. The average Bonchev–Trinajstić information content (AvgIpc) is 3.20. The van der Waals surface area contributed by atoms with Gasteiger partial charge in [-0.05, 0) is 31.4 Å². The Hall–Kier alpha value is -1.67. The summed E-state index contributed by atoms with van der Waals surface area (Å²) in [6.07, 6.45) is 3.02. The van der Waals surface area contributed by atoms with Crippen molar-refractivity contribution in [2.75, 3.05) is 12.4 Å². The molecule has 1 aliphatic rings. The molecule has 0 spiro atoms. The van der Waals surface area contributed by atoms with E-state index in [2.05, 4.69) is 10.0 Å². The third-order valence-electron chi connectivity index (χ3n) is 3.47. The molecule has 1 aromatic carbocycles. The molecule has 0 aliphatic heterocycles. The van der Waals surface area contributed by atoms with Crippen molar-refractivity contribution in [1.29, 1.82) is 0 Å². The maximum atomic E-state index is 12.4. The molecule has 0 radical (unpaired) electrons. The molecule has 2 N–H and O–H groups in total. The minimum absolute atomic E-state index is 0.236. The zero-order valence-electron chi connectivity index (χ0n) is 12.0. The zero-order chi connectivity index (χ0) is 15.6. The van der Waals surface area contributed by atoms with Crippen LogP contribution in [0, 0.1) is 16.0 Å². The SMILES string of the molecule is CNc1ccc([N+](=O)[O-])c(S(=O)(=O)NC(C)CC2CC2)c1. The topological polar surface area (TPSA) is 101 Å². The fraction of sp³-hybridized carbons (Fsp3) is 0.538. The Bertz CT molecular complexity index is 641. The van der Waals surface area contributed by atoms with Gasteiger partial charge < -0.3 is 5.32 Å². The lowest BCUT2D eigenvalue weighted by Crippen LogP contribution is -2.33. The number of anilines is 1. The van der Waals surface area contributed by atoms with Crippen molar-refractivity contribution >= 4 is 21.4 Å². The zero-order valence-corrected chi connectivity index (χ0v) is 12.8. The Labute approximate surface area is 123 Å². The highest BCUT2D eigenvalue weighted by molar-refractivity contribution is 7.89. The van der Waals surface area contributed by atoms with Gasteiger partial charge in [0.2, 0.25) is 10.0 Å². The molecule has 1 fully saturated rings. The van der Waals surface area contributed by atoms with Gasteiger partial charge in [0.25, 0.3) is 5.69 Å². The van der Waals surface area contributed by atoms with Crippen LogP contribution < -0.4 is 10.0 Å². The van der Waals surface area contributed by atoms with Crippen LogP contribution in [0.25, 0.3) is 0 Å². The molecular formula is C13H19N3O4S. The van der Waals surface area contributed by atoms with Gasteiger partial charge in [-0.2, -0.15) is 0 Å². The van der Waals surface area contributed by atoms with E-state index in [4.69, 9.17) is 0 Å². The first kappa shape index (κ1) is 15.7. The van der Waals surface area contributed by atoms with Crippen LogP contribution in [0.15, 0.2) is 23.1 Å². The van der Waals surface area contributed by atoms with Gasteiger partial charge in [-0.3, -0.25) is 10.1 Å². The number of hydrogen-bond donors (Lipinski definition) is 2. The van der Waals surface area contributed by atoms with Crippen molar-refractivity contribution in [2.24, 2.45) is 5.92 Å². The second kappa shape index (κ2) is 5.98. The first-order valence-electron chi connectivity index (χ1n) is 6.82. The smallest absolute Gasteiger partial charge is 0.289 e. The maximum absolute atomic E-state index is 12.4. The molecule has 8 heteroatoms. The highest BCUT2D eigenvalue weighted by Crippen LogP contribution is 2.34. The van der Waals surface area contributed by atoms with Gasteiger partial charge in [0, 0.05) is 24.8 Å². The van der Waals surface area contributed by atoms with Crippen LogP contribution in [-0.4, -0.2) is 26.4 Å². The lowest BCUT2D eigenvalue weighted by Gasteiger charge is -2.14.